The van der Waals surface area contributed by atoms with Crippen molar-refractivity contribution in [2.24, 2.45) is 10.6 Å². The van der Waals surface area contributed by atoms with Crippen molar-refractivity contribution in [3.8, 4) is 0 Å². The van der Waals surface area contributed by atoms with E-state index in [2.05, 4.69) is 6.58 Å². The average Bonchev–Trinajstić information content (AvgIpc) is 2.77. The van der Waals surface area contributed by atoms with Crippen LogP contribution in [-0.2, 0) is 14.8 Å². The molecule has 2 aromatic carbocycles. The summed E-state index contributed by atoms with van der Waals surface area (Å²) in [6.07, 6.45) is 3.75. The number of piperidine rings is 1. The van der Waals surface area contributed by atoms with E-state index in [1.165, 1.54) is 0 Å². The van der Waals surface area contributed by atoms with E-state index in [9.17, 15) is 13.2 Å². The van der Waals surface area contributed by atoms with E-state index in [1.807, 2.05) is 67.3 Å². The van der Waals surface area contributed by atoms with E-state index in [4.69, 9.17) is 28.3 Å². The number of benzene rings is 2. The van der Waals surface area contributed by atoms with E-state index >= 15 is 0 Å². The highest BCUT2D eigenvalue weighted by molar-refractivity contribution is 7.89. The molecule has 2 N–H and O–H groups in total. The largest absolute Gasteiger partial charge is 0.332 e. The highest BCUT2D eigenvalue weighted by Gasteiger charge is 2.50. The standard InChI is InChI=1S/C26H32Cl2N2O3S/c1-4-14-26(3)17-23(19-7-6-8-21(28)16-19)24(18-9-11-20(27)12-10-18)30(25(26)31)22(5-2)13-15-34(29,32)33/h4,6-12,16,22-24H,1,5,13-15,17H2,2-3H3,(H2,29,32,33)/t22-,23+,24+,26-/m0/s1. The Morgan fingerprint density at radius 3 is 2.41 bits per heavy atom. The van der Waals surface area contributed by atoms with Crippen LogP contribution in [0.1, 0.15) is 62.6 Å². The SMILES string of the molecule is C=CC[C@@]1(C)C[C@H](c2cccc(Cl)c2)[C@@H](c2ccc(Cl)cc2)N([C@@H](CC)CCS(N)(=O)=O)C1=O. The lowest BCUT2D eigenvalue weighted by Gasteiger charge is -2.52. The smallest absolute Gasteiger partial charge is 0.229 e. The maximum absolute atomic E-state index is 14.1. The van der Waals surface area contributed by atoms with Crippen molar-refractivity contribution in [2.45, 2.75) is 57.5 Å². The Morgan fingerprint density at radius 1 is 1.18 bits per heavy atom. The van der Waals surface area contributed by atoms with Crippen LogP contribution in [0.3, 0.4) is 0 Å². The highest BCUT2D eigenvalue weighted by Crippen LogP contribution is 2.52. The van der Waals surface area contributed by atoms with Crippen LogP contribution in [-0.4, -0.2) is 31.0 Å². The second-order valence-electron chi connectivity index (χ2n) is 9.35. The summed E-state index contributed by atoms with van der Waals surface area (Å²) in [6.45, 7) is 7.82. The van der Waals surface area contributed by atoms with Crippen molar-refractivity contribution in [1.29, 1.82) is 0 Å². The number of hydrogen-bond donors (Lipinski definition) is 1. The minimum Gasteiger partial charge on any atom is -0.332 e. The number of hydrogen-bond acceptors (Lipinski definition) is 3. The summed E-state index contributed by atoms with van der Waals surface area (Å²) in [4.78, 5) is 16.0. The molecule has 1 amide bonds. The predicted molar refractivity (Wildman–Crippen MR) is 139 cm³/mol. The number of sulfonamides is 1. The van der Waals surface area contributed by atoms with Crippen LogP contribution < -0.4 is 5.14 Å². The van der Waals surface area contributed by atoms with Crippen LogP contribution in [0.5, 0.6) is 0 Å². The molecule has 4 atom stereocenters. The Bertz CT molecular complexity index is 1140. The zero-order valence-corrected chi connectivity index (χ0v) is 21.9. The van der Waals surface area contributed by atoms with Gasteiger partial charge in [-0.15, -0.1) is 6.58 Å². The molecule has 0 aliphatic carbocycles. The number of nitrogens with two attached hydrogens (primary N) is 1. The van der Waals surface area contributed by atoms with Gasteiger partial charge in [0.15, 0.2) is 0 Å². The minimum absolute atomic E-state index is 0.00750. The first-order valence-corrected chi connectivity index (χ1v) is 13.9. The summed E-state index contributed by atoms with van der Waals surface area (Å²) in [5.41, 5.74) is 1.28. The zero-order chi connectivity index (χ0) is 25.1. The molecule has 3 rings (SSSR count). The van der Waals surface area contributed by atoms with Crippen LogP contribution in [0.15, 0.2) is 61.2 Å². The van der Waals surface area contributed by atoms with Gasteiger partial charge < -0.3 is 4.90 Å². The van der Waals surface area contributed by atoms with Crippen molar-refractivity contribution in [2.75, 3.05) is 5.75 Å². The molecule has 2 aromatic rings. The molecule has 8 heteroatoms. The van der Waals surface area contributed by atoms with Crippen molar-refractivity contribution >= 4 is 39.1 Å². The Morgan fingerprint density at radius 2 is 1.85 bits per heavy atom. The molecule has 0 unspecified atom stereocenters. The predicted octanol–water partition coefficient (Wildman–Crippen LogP) is 6.09. The first-order valence-electron chi connectivity index (χ1n) is 11.4. The van der Waals surface area contributed by atoms with Crippen molar-refractivity contribution in [3.05, 3.63) is 82.4 Å². The second kappa shape index (κ2) is 10.8. The Balaban J connectivity index is 2.20. The minimum atomic E-state index is -3.67. The Kier molecular flexibility index (Phi) is 8.51. The van der Waals surface area contributed by atoms with Crippen LogP contribution >= 0.6 is 23.2 Å². The molecule has 0 aromatic heterocycles. The number of nitrogens with zero attached hydrogens (tertiary/aromatic N) is 1. The van der Waals surface area contributed by atoms with E-state index in [1.54, 1.807) is 6.08 Å². The lowest BCUT2D eigenvalue weighted by molar-refractivity contribution is -0.154. The monoisotopic (exact) mass is 522 g/mol. The molecular formula is C26H32Cl2N2O3S. The van der Waals surface area contributed by atoms with Gasteiger partial charge in [-0.25, -0.2) is 13.6 Å². The van der Waals surface area contributed by atoms with Gasteiger partial charge in [-0.1, -0.05) is 67.4 Å². The highest BCUT2D eigenvalue weighted by atomic mass is 35.5. The quantitative estimate of drug-likeness (QED) is 0.404. The third kappa shape index (κ3) is 6.03. The molecule has 34 heavy (non-hydrogen) atoms. The first-order chi connectivity index (χ1) is 16.0. The van der Waals surface area contributed by atoms with Crippen LogP contribution in [0, 0.1) is 5.41 Å². The molecule has 0 saturated carbocycles. The third-order valence-corrected chi connectivity index (χ3v) is 8.08. The number of halogens is 2. The Labute approximate surface area is 213 Å². The van der Waals surface area contributed by atoms with Crippen LogP contribution in [0.2, 0.25) is 10.0 Å². The molecular weight excluding hydrogens is 491 g/mol. The number of likely N-dealkylation sites (tertiary alicyclic amines) is 1. The fourth-order valence-corrected chi connectivity index (χ4v) is 6.05. The lowest BCUT2D eigenvalue weighted by atomic mass is 9.67. The summed E-state index contributed by atoms with van der Waals surface area (Å²) in [5, 5.41) is 6.56. The maximum Gasteiger partial charge on any atom is 0.229 e. The van der Waals surface area contributed by atoms with Gasteiger partial charge in [-0.3, -0.25) is 4.79 Å². The maximum atomic E-state index is 14.1. The van der Waals surface area contributed by atoms with Crippen molar-refractivity contribution < 1.29 is 13.2 Å². The number of amides is 1. The Hall–Kier alpha value is -1.86. The van der Waals surface area contributed by atoms with Gasteiger partial charge in [0, 0.05) is 22.0 Å². The summed E-state index contributed by atoms with van der Waals surface area (Å²) < 4.78 is 23.6. The normalized spacial score (nSPS) is 24.1. The summed E-state index contributed by atoms with van der Waals surface area (Å²) in [7, 11) is -3.67. The zero-order valence-electron chi connectivity index (χ0n) is 19.6. The van der Waals surface area contributed by atoms with Gasteiger partial charge in [-0.05, 0) is 61.1 Å². The molecule has 1 saturated heterocycles. The second-order valence-corrected chi connectivity index (χ2v) is 12.0. The third-order valence-electron chi connectivity index (χ3n) is 6.79. The van der Waals surface area contributed by atoms with Crippen molar-refractivity contribution in [1.82, 2.24) is 4.90 Å². The molecule has 0 spiro atoms. The summed E-state index contributed by atoms with van der Waals surface area (Å²) in [5.74, 6) is -0.263. The van der Waals surface area contributed by atoms with Gasteiger partial charge in [0.2, 0.25) is 15.9 Å². The number of carbonyl (C=O) groups is 1. The topological polar surface area (TPSA) is 80.5 Å². The van der Waals surface area contributed by atoms with Gasteiger partial charge in [-0.2, -0.15) is 0 Å². The molecule has 0 bridgehead atoms. The molecule has 1 fully saturated rings. The lowest BCUT2D eigenvalue weighted by Crippen LogP contribution is -2.55. The summed E-state index contributed by atoms with van der Waals surface area (Å²) >= 11 is 12.5. The molecule has 1 aliphatic heterocycles. The van der Waals surface area contributed by atoms with Gasteiger partial charge in [0.1, 0.15) is 0 Å². The van der Waals surface area contributed by atoms with Crippen LogP contribution in [0.4, 0.5) is 0 Å². The van der Waals surface area contributed by atoms with E-state index in [-0.39, 0.29) is 36.1 Å². The number of allylic oxidation sites excluding steroid dienone is 1. The van der Waals surface area contributed by atoms with Crippen molar-refractivity contribution in [3.63, 3.8) is 0 Å². The van der Waals surface area contributed by atoms with E-state index in [0.717, 1.165) is 11.1 Å². The molecule has 1 aliphatic rings. The number of primary sulfonamides is 1. The molecule has 1 heterocycles. The average molecular weight is 524 g/mol. The first kappa shape index (κ1) is 26.7. The number of carbonyl (C=O) groups excluding carboxylic acids is 1. The fourth-order valence-electron chi connectivity index (χ4n) is 5.13. The fraction of sp³-hybridized carbons (Fsp3) is 0.423. The summed E-state index contributed by atoms with van der Waals surface area (Å²) in [6, 6.07) is 14.6. The number of rotatable bonds is 9. The van der Waals surface area contributed by atoms with E-state index < -0.39 is 15.4 Å². The van der Waals surface area contributed by atoms with Gasteiger partial charge >= 0.3 is 0 Å². The molecule has 184 valence electrons. The van der Waals surface area contributed by atoms with Crippen LogP contribution in [0.25, 0.3) is 0 Å². The molecule has 0 radical (unpaired) electrons. The van der Waals surface area contributed by atoms with Gasteiger partial charge in [0.25, 0.3) is 0 Å². The molecule has 5 nitrogen and oxygen atoms in total. The van der Waals surface area contributed by atoms with E-state index in [0.29, 0.717) is 29.3 Å². The van der Waals surface area contributed by atoms with Gasteiger partial charge in [0.05, 0.1) is 17.2 Å².